The van der Waals surface area contributed by atoms with Crippen LogP contribution in [-0.2, 0) is 6.42 Å². The Kier molecular flexibility index (Phi) is 4.42. The van der Waals surface area contributed by atoms with Crippen LogP contribution in [0.1, 0.15) is 60.5 Å². The van der Waals surface area contributed by atoms with Crippen molar-refractivity contribution in [1.82, 2.24) is 4.98 Å². The number of thioether (sulfide) groups is 2. The molecule has 0 aromatic carbocycles. The zero-order valence-corrected chi connectivity index (χ0v) is 15.0. The molecule has 1 aromatic rings. The summed E-state index contributed by atoms with van der Waals surface area (Å²) in [5.41, 5.74) is 7.98. The van der Waals surface area contributed by atoms with Crippen LogP contribution >= 0.6 is 34.9 Å². The third-order valence-corrected chi connectivity index (χ3v) is 8.91. The van der Waals surface area contributed by atoms with Gasteiger partial charge in [-0.3, -0.25) is 0 Å². The molecule has 3 unspecified atom stereocenters. The van der Waals surface area contributed by atoms with Gasteiger partial charge in [0.2, 0.25) is 0 Å². The number of nitrogens with zero attached hydrogens (tertiary/aromatic N) is 1. The van der Waals surface area contributed by atoms with Gasteiger partial charge in [0.15, 0.2) is 0 Å². The molecule has 112 valence electrons. The van der Waals surface area contributed by atoms with Gasteiger partial charge in [-0.15, -0.1) is 23.1 Å². The van der Waals surface area contributed by atoms with E-state index in [1.54, 1.807) is 0 Å². The molecule has 0 radical (unpaired) electrons. The van der Waals surface area contributed by atoms with E-state index in [9.17, 15) is 0 Å². The molecule has 0 bridgehead atoms. The average molecular weight is 329 g/mol. The fourth-order valence-corrected chi connectivity index (χ4v) is 7.77. The van der Waals surface area contributed by atoms with Crippen LogP contribution in [0.5, 0.6) is 0 Å². The van der Waals surface area contributed by atoms with E-state index in [4.69, 9.17) is 10.7 Å². The Hall–Kier alpha value is 0.290. The molecule has 0 amide bonds. The van der Waals surface area contributed by atoms with Crippen LogP contribution in [-0.4, -0.2) is 21.7 Å². The predicted molar refractivity (Wildman–Crippen MR) is 92.9 cm³/mol. The third kappa shape index (κ3) is 2.92. The van der Waals surface area contributed by atoms with Gasteiger partial charge < -0.3 is 5.73 Å². The van der Waals surface area contributed by atoms with E-state index in [0.717, 1.165) is 18.1 Å². The normalized spacial score (nSPS) is 32.9. The number of hydrogen-bond donors (Lipinski definition) is 1. The van der Waals surface area contributed by atoms with Crippen molar-refractivity contribution in [2.24, 2.45) is 11.1 Å². The Balaban J connectivity index is 1.89. The summed E-state index contributed by atoms with van der Waals surface area (Å²) in [6, 6.07) is 0.196. The Labute approximate surface area is 134 Å². The van der Waals surface area contributed by atoms with Crippen molar-refractivity contribution < 1.29 is 0 Å². The molecule has 2 N–H and O–H groups in total. The first kappa shape index (κ1) is 15.2. The number of aromatic nitrogens is 1. The van der Waals surface area contributed by atoms with Crippen LogP contribution < -0.4 is 5.73 Å². The first-order chi connectivity index (χ1) is 9.50. The van der Waals surface area contributed by atoms with E-state index in [1.807, 2.05) is 11.3 Å². The summed E-state index contributed by atoms with van der Waals surface area (Å²) in [6.45, 7) is 6.93. The Morgan fingerprint density at radius 1 is 1.30 bits per heavy atom. The molecule has 1 aromatic heterocycles. The molecular formula is C15H24N2S3. The van der Waals surface area contributed by atoms with Crippen molar-refractivity contribution >= 4 is 34.9 Å². The molecule has 2 heterocycles. The van der Waals surface area contributed by atoms with Gasteiger partial charge in [-0.1, -0.05) is 20.8 Å². The Bertz CT molecular complexity index is 483. The quantitative estimate of drug-likeness (QED) is 0.872. The maximum absolute atomic E-state index is 6.39. The first-order valence-corrected chi connectivity index (χ1v) is 10.4. The van der Waals surface area contributed by atoms with Crippen LogP contribution in [0.2, 0.25) is 0 Å². The number of nitrogens with two attached hydrogens (primary N) is 1. The second kappa shape index (κ2) is 5.82. The topological polar surface area (TPSA) is 38.9 Å². The fraction of sp³-hybridized carbons (Fsp3) is 0.800. The molecule has 0 saturated carbocycles. The van der Waals surface area contributed by atoms with Crippen molar-refractivity contribution in [3.63, 3.8) is 0 Å². The van der Waals surface area contributed by atoms with Gasteiger partial charge >= 0.3 is 0 Å². The summed E-state index contributed by atoms with van der Waals surface area (Å²) >= 11 is 6.13. The molecular weight excluding hydrogens is 304 g/mol. The fourth-order valence-electron chi connectivity index (χ4n) is 3.27. The molecule has 1 saturated heterocycles. The maximum atomic E-state index is 6.39. The van der Waals surface area contributed by atoms with E-state index in [-0.39, 0.29) is 6.04 Å². The van der Waals surface area contributed by atoms with E-state index >= 15 is 0 Å². The molecule has 20 heavy (non-hydrogen) atoms. The third-order valence-electron chi connectivity index (χ3n) is 4.20. The summed E-state index contributed by atoms with van der Waals surface area (Å²) in [4.78, 5) is 6.39. The summed E-state index contributed by atoms with van der Waals surface area (Å²) in [6.07, 6.45) is 3.42. The highest BCUT2D eigenvalue weighted by atomic mass is 32.2. The highest BCUT2D eigenvalue weighted by Gasteiger charge is 2.36. The zero-order valence-electron chi connectivity index (χ0n) is 12.5. The van der Waals surface area contributed by atoms with Crippen molar-refractivity contribution in [3.8, 4) is 0 Å². The minimum Gasteiger partial charge on any atom is -0.323 e. The Morgan fingerprint density at radius 3 is 2.80 bits per heavy atom. The van der Waals surface area contributed by atoms with Crippen molar-refractivity contribution in [3.05, 3.63) is 15.6 Å². The van der Waals surface area contributed by atoms with Gasteiger partial charge in [0.25, 0.3) is 0 Å². The lowest BCUT2D eigenvalue weighted by atomic mass is 9.77. The maximum Gasteiger partial charge on any atom is 0.107 e. The number of fused-ring (bicyclic) bond motifs is 1. The molecule has 3 atom stereocenters. The van der Waals surface area contributed by atoms with E-state index in [2.05, 4.69) is 44.3 Å². The lowest BCUT2D eigenvalue weighted by Crippen LogP contribution is -2.28. The second-order valence-corrected chi connectivity index (χ2v) is 10.3. The average Bonchev–Trinajstić information content (AvgIpc) is 2.81. The lowest BCUT2D eigenvalue weighted by molar-refractivity contribution is 0.282. The van der Waals surface area contributed by atoms with Crippen molar-refractivity contribution in [2.45, 2.75) is 56.6 Å². The highest BCUT2D eigenvalue weighted by Crippen LogP contribution is 2.49. The molecule has 1 fully saturated rings. The van der Waals surface area contributed by atoms with Gasteiger partial charge in [0.1, 0.15) is 5.01 Å². The number of hydrogen-bond acceptors (Lipinski definition) is 5. The second-order valence-electron chi connectivity index (χ2n) is 6.62. The molecule has 1 aliphatic carbocycles. The largest absolute Gasteiger partial charge is 0.323 e. The summed E-state index contributed by atoms with van der Waals surface area (Å²) in [7, 11) is 0. The van der Waals surface area contributed by atoms with E-state index < -0.39 is 0 Å². The molecule has 5 heteroatoms. The standard InChI is InChI=1S/C15H24N2S3/c1-4-11-13(19-6-5-18-11)14-17-10-8-15(2,3)7-9(16)12(10)20-14/h9,11,13H,4-8,16H2,1-3H3. The lowest BCUT2D eigenvalue weighted by Gasteiger charge is -2.32. The first-order valence-electron chi connectivity index (χ1n) is 7.48. The zero-order chi connectivity index (χ0) is 14.3. The van der Waals surface area contributed by atoms with Crippen LogP contribution in [0.25, 0.3) is 0 Å². The van der Waals surface area contributed by atoms with Gasteiger partial charge in [0.05, 0.1) is 10.9 Å². The van der Waals surface area contributed by atoms with Crippen LogP contribution in [0.3, 0.4) is 0 Å². The van der Waals surface area contributed by atoms with E-state index in [1.165, 1.54) is 33.5 Å². The summed E-state index contributed by atoms with van der Waals surface area (Å²) in [5, 5.41) is 2.66. The van der Waals surface area contributed by atoms with Crippen LogP contribution in [0.4, 0.5) is 0 Å². The number of rotatable bonds is 2. The Morgan fingerprint density at radius 2 is 2.05 bits per heavy atom. The van der Waals surface area contributed by atoms with Gasteiger partial charge in [-0.05, 0) is 24.7 Å². The monoisotopic (exact) mass is 328 g/mol. The van der Waals surface area contributed by atoms with Crippen molar-refractivity contribution in [2.75, 3.05) is 11.5 Å². The molecule has 1 aliphatic heterocycles. The smallest absolute Gasteiger partial charge is 0.107 e. The molecule has 2 aliphatic rings. The summed E-state index contributed by atoms with van der Waals surface area (Å²) < 4.78 is 0. The molecule has 0 spiro atoms. The van der Waals surface area contributed by atoms with Crippen molar-refractivity contribution in [1.29, 1.82) is 0 Å². The van der Waals surface area contributed by atoms with Gasteiger partial charge in [0, 0.05) is 27.7 Å². The summed E-state index contributed by atoms with van der Waals surface area (Å²) in [5.74, 6) is 2.55. The minimum atomic E-state index is 0.196. The van der Waals surface area contributed by atoms with Gasteiger partial charge in [-0.25, -0.2) is 4.98 Å². The number of thiazole rings is 1. The molecule has 2 nitrogen and oxygen atoms in total. The molecule has 3 rings (SSSR count). The SMILES string of the molecule is CCC1SCCSC1c1nc2c(s1)C(N)CC(C)(C)C2. The predicted octanol–water partition coefficient (Wildman–Crippen LogP) is 4.42. The minimum absolute atomic E-state index is 0.196. The van der Waals surface area contributed by atoms with Gasteiger partial charge in [-0.2, -0.15) is 11.8 Å². The highest BCUT2D eigenvalue weighted by molar-refractivity contribution is 8.06. The van der Waals surface area contributed by atoms with Crippen LogP contribution in [0.15, 0.2) is 0 Å². The van der Waals surface area contributed by atoms with Crippen LogP contribution in [0, 0.1) is 5.41 Å². The van der Waals surface area contributed by atoms with E-state index in [0.29, 0.717) is 10.7 Å².